The van der Waals surface area contributed by atoms with Crippen LogP contribution in [0.3, 0.4) is 0 Å². The molecule has 1 fully saturated rings. The quantitative estimate of drug-likeness (QED) is 0.173. The number of halogens is 1. The summed E-state index contributed by atoms with van der Waals surface area (Å²) >= 11 is 3.48. The van der Waals surface area contributed by atoms with Gasteiger partial charge in [-0.25, -0.2) is 9.79 Å². The highest BCUT2D eigenvalue weighted by atomic mass is 127. The third-order valence-electron chi connectivity index (χ3n) is 4.44. The lowest BCUT2D eigenvalue weighted by molar-refractivity contribution is -0.145. The van der Waals surface area contributed by atoms with E-state index in [1.165, 1.54) is 11.8 Å². The first-order chi connectivity index (χ1) is 16.0. The molecule has 33 heavy (non-hydrogen) atoms. The molecular formula is C24H25IN2O5S. The minimum absolute atomic E-state index is 0.105. The summed E-state index contributed by atoms with van der Waals surface area (Å²) in [4.78, 5) is 31.5. The van der Waals surface area contributed by atoms with Gasteiger partial charge in [0.25, 0.3) is 5.91 Å². The van der Waals surface area contributed by atoms with Crippen LogP contribution in [0.2, 0.25) is 0 Å². The van der Waals surface area contributed by atoms with Crippen LogP contribution in [0.4, 0.5) is 5.69 Å². The molecule has 0 saturated carbocycles. The fourth-order valence-electron chi connectivity index (χ4n) is 2.92. The van der Waals surface area contributed by atoms with Gasteiger partial charge >= 0.3 is 5.97 Å². The molecule has 0 N–H and O–H groups in total. The van der Waals surface area contributed by atoms with Crippen molar-refractivity contribution in [2.45, 2.75) is 13.8 Å². The summed E-state index contributed by atoms with van der Waals surface area (Å²) in [5, 5.41) is 0.626. The van der Waals surface area contributed by atoms with Crippen molar-refractivity contribution < 1.29 is 23.8 Å². The summed E-state index contributed by atoms with van der Waals surface area (Å²) in [6.07, 6.45) is 1.84. The molecule has 0 unspecified atom stereocenters. The molecule has 0 atom stereocenters. The number of aliphatic imine (C=N–C) groups is 1. The second-order valence-corrected chi connectivity index (χ2v) is 8.95. The number of hydrogen-bond donors (Lipinski definition) is 0. The summed E-state index contributed by atoms with van der Waals surface area (Å²) in [6, 6.07) is 15.1. The van der Waals surface area contributed by atoms with Crippen molar-refractivity contribution in [2.75, 3.05) is 33.0 Å². The molecule has 7 nitrogen and oxygen atoms in total. The zero-order chi connectivity index (χ0) is 23.6. The van der Waals surface area contributed by atoms with Crippen molar-refractivity contribution in [3.63, 3.8) is 0 Å². The largest absolute Gasteiger partial charge is 0.481 e. The van der Waals surface area contributed by atoms with E-state index in [-0.39, 0.29) is 12.5 Å². The third-order valence-corrected chi connectivity index (χ3v) is 6.29. The predicted molar refractivity (Wildman–Crippen MR) is 139 cm³/mol. The SMILES string of the molecule is CCOCCN1C(=O)/C(=C/c2ccc(OCC(=O)OCC)c(I)c2)SC1=Nc1ccccc1. The molecule has 2 aromatic rings. The van der Waals surface area contributed by atoms with Gasteiger partial charge in [0.15, 0.2) is 11.8 Å². The molecule has 0 radical (unpaired) electrons. The van der Waals surface area contributed by atoms with E-state index in [0.29, 0.717) is 42.2 Å². The number of thioether (sulfide) groups is 1. The van der Waals surface area contributed by atoms with Gasteiger partial charge in [-0.2, -0.15) is 0 Å². The zero-order valence-corrected chi connectivity index (χ0v) is 21.4. The van der Waals surface area contributed by atoms with Crippen LogP contribution in [0.5, 0.6) is 5.75 Å². The van der Waals surface area contributed by atoms with Gasteiger partial charge in [0, 0.05) is 6.61 Å². The van der Waals surface area contributed by atoms with Crippen molar-refractivity contribution in [2.24, 2.45) is 4.99 Å². The molecule has 0 aliphatic carbocycles. The van der Waals surface area contributed by atoms with Gasteiger partial charge in [0.05, 0.1) is 33.9 Å². The fraction of sp³-hybridized carbons (Fsp3) is 0.292. The van der Waals surface area contributed by atoms with Gasteiger partial charge in [0.1, 0.15) is 5.75 Å². The first-order valence-electron chi connectivity index (χ1n) is 10.5. The van der Waals surface area contributed by atoms with Crippen LogP contribution in [0.1, 0.15) is 19.4 Å². The lowest BCUT2D eigenvalue weighted by Gasteiger charge is -2.15. The summed E-state index contributed by atoms with van der Waals surface area (Å²) in [5.41, 5.74) is 1.64. The van der Waals surface area contributed by atoms with E-state index < -0.39 is 5.97 Å². The first-order valence-corrected chi connectivity index (χ1v) is 12.4. The molecule has 0 aromatic heterocycles. The van der Waals surface area contributed by atoms with Gasteiger partial charge in [-0.15, -0.1) is 0 Å². The number of ether oxygens (including phenoxy) is 3. The van der Waals surface area contributed by atoms with Crippen LogP contribution in [0, 0.1) is 3.57 Å². The first kappa shape index (κ1) is 25.3. The summed E-state index contributed by atoms with van der Waals surface area (Å²) < 4.78 is 16.7. The highest BCUT2D eigenvalue weighted by Gasteiger charge is 2.33. The Balaban J connectivity index is 1.79. The molecule has 3 rings (SSSR count). The van der Waals surface area contributed by atoms with E-state index in [1.807, 2.05) is 55.5 Å². The fourth-order valence-corrected chi connectivity index (χ4v) is 4.64. The Morgan fingerprint density at radius 2 is 1.94 bits per heavy atom. The second-order valence-electron chi connectivity index (χ2n) is 6.78. The van der Waals surface area contributed by atoms with Gasteiger partial charge in [-0.05, 0) is 84.1 Å². The number of rotatable bonds is 10. The van der Waals surface area contributed by atoms with Gasteiger partial charge in [-0.3, -0.25) is 9.69 Å². The van der Waals surface area contributed by atoms with Crippen molar-refractivity contribution >= 4 is 63.2 Å². The molecule has 1 heterocycles. The van der Waals surface area contributed by atoms with Crippen molar-refractivity contribution in [3.8, 4) is 5.75 Å². The highest BCUT2D eigenvalue weighted by molar-refractivity contribution is 14.1. The Bertz CT molecular complexity index is 1040. The molecule has 1 saturated heterocycles. The number of carbonyl (C=O) groups excluding carboxylic acids is 2. The lowest BCUT2D eigenvalue weighted by Crippen LogP contribution is -2.32. The Morgan fingerprint density at radius 3 is 2.64 bits per heavy atom. The van der Waals surface area contributed by atoms with E-state index in [2.05, 4.69) is 27.6 Å². The summed E-state index contributed by atoms with van der Waals surface area (Å²) in [6.45, 7) is 5.30. The number of para-hydroxylation sites is 1. The van der Waals surface area contributed by atoms with E-state index in [1.54, 1.807) is 17.9 Å². The number of benzene rings is 2. The number of esters is 1. The maximum absolute atomic E-state index is 13.1. The van der Waals surface area contributed by atoms with E-state index >= 15 is 0 Å². The van der Waals surface area contributed by atoms with Crippen LogP contribution in [-0.2, 0) is 19.1 Å². The number of amidine groups is 1. The lowest BCUT2D eigenvalue weighted by atomic mass is 10.2. The maximum atomic E-state index is 13.1. The highest BCUT2D eigenvalue weighted by Crippen LogP contribution is 2.34. The van der Waals surface area contributed by atoms with E-state index in [9.17, 15) is 9.59 Å². The monoisotopic (exact) mass is 580 g/mol. The summed E-state index contributed by atoms with van der Waals surface area (Å²) in [5.74, 6) is 0.0673. The molecule has 1 amide bonds. The van der Waals surface area contributed by atoms with Crippen LogP contribution in [0.15, 0.2) is 58.4 Å². The van der Waals surface area contributed by atoms with Crippen LogP contribution < -0.4 is 4.74 Å². The normalized spacial score (nSPS) is 16.0. The Hall–Kier alpha value is -2.37. The van der Waals surface area contributed by atoms with E-state index in [0.717, 1.165) is 14.8 Å². The number of carbonyl (C=O) groups is 2. The predicted octanol–water partition coefficient (Wildman–Crippen LogP) is 4.87. The van der Waals surface area contributed by atoms with Crippen LogP contribution in [-0.4, -0.2) is 54.9 Å². The third kappa shape index (κ3) is 7.31. The zero-order valence-electron chi connectivity index (χ0n) is 18.5. The van der Waals surface area contributed by atoms with Crippen LogP contribution in [0.25, 0.3) is 6.08 Å². The van der Waals surface area contributed by atoms with E-state index in [4.69, 9.17) is 14.2 Å². The Morgan fingerprint density at radius 1 is 1.15 bits per heavy atom. The molecular weight excluding hydrogens is 555 g/mol. The average molecular weight is 580 g/mol. The topological polar surface area (TPSA) is 77.4 Å². The molecule has 0 spiro atoms. The van der Waals surface area contributed by atoms with Crippen molar-refractivity contribution in [1.82, 2.24) is 4.90 Å². The number of amides is 1. The minimum Gasteiger partial charge on any atom is -0.481 e. The minimum atomic E-state index is -0.412. The second kappa shape index (κ2) is 12.8. The summed E-state index contributed by atoms with van der Waals surface area (Å²) in [7, 11) is 0. The average Bonchev–Trinajstić information content (AvgIpc) is 3.08. The molecule has 174 valence electrons. The standard InChI is InChI=1S/C24H25IN2O5S/c1-3-30-13-12-27-23(29)21(33-24(27)26-18-8-6-5-7-9-18)15-17-10-11-20(19(25)14-17)32-16-22(28)31-4-2/h5-11,14-15H,3-4,12-13,16H2,1-2H3/b21-15-,26-24?. The molecule has 2 aromatic carbocycles. The number of hydrogen-bond acceptors (Lipinski definition) is 7. The smallest absolute Gasteiger partial charge is 0.344 e. The van der Waals surface area contributed by atoms with Gasteiger partial charge in [0.2, 0.25) is 0 Å². The van der Waals surface area contributed by atoms with Gasteiger partial charge in [-0.1, -0.05) is 24.3 Å². The maximum Gasteiger partial charge on any atom is 0.344 e. The molecule has 9 heteroatoms. The van der Waals surface area contributed by atoms with Crippen molar-refractivity contribution in [1.29, 1.82) is 0 Å². The molecule has 1 aliphatic rings. The molecule has 0 bridgehead atoms. The van der Waals surface area contributed by atoms with Gasteiger partial charge < -0.3 is 14.2 Å². The van der Waals surface area contributed by atoms with Crippen LogP contribution >= 0.6 is 34.4 Å². The Kier molecular flexibility index (Phi) is 9.76. The Labute approximate surface area is 211 Å². The van der Waals surface area contributed by atoms with Crippen molar-refractivity contribution in [3.05, 3.63) is 62.6 Å². The molecule has 1 aliphatic heterocycles. The number of nitrogens with zero attached hydrogens (tertiary/aromatic N) is 2.